The Morgan fingerprint density at radius 3 is 2.33 bits per heavy atom. The largest absolute Gasteiger partial charge is 0.271 e. The summed E-state index contributed by atoms with van der Waals surface area (Å²) in [5.74, 6) is 5.74. The maximum Gasteiger partial charge on any atom is 0.129 e. The second-order valence-electron chi connectivity index (χ2n) is 5.49. The van der Waals surface area contributed by atoms with E-state index in [1.807, 2.05) is 0 Å². The van der Waals surface area contributed by atoms with E-state index < -0.39 is 0 Å². The smallest absolute Gasteiger partial charge is 0.129 e. The Kier molecular flexibility index (Phi) is 5.34. The van der Waals surface area contributed by atoms with E-state index in [4.69, 9.17) is 17.4 Å². The summed E-state index contributed by atoms with van der Waals surface area (Å²) in [6, 6.07) is 12.7. The number of benzene rings is 2. The van der Waals surface area contributed by atoms with Crippen LogP contribution in [0.1, 0.15) is 42.5 Å². The van der Waals surface area contributed by atoms with Crippen LogP contribution in [0.15, 0.2) is 42.5 Å². The van der Waals surface area contributed by atoms with Crippen molar-refractivity contribution in [3.8, 4) is 0 Å². The van der Waals surface area contributed by atoms with E-state index in [-0.39, 0.29) is 11.9 Å². The van der Waals surface area contributed by atoms with Crippen LogP contribution in [0.5, 0.6) is 0 Å². The molecule has 4 heteroatoms. The van der Waals surface area contributed by atoms with Crippen LogP contribution in [0, 0.1) is 5.82 Å². The Hall–Kier alpha value is -1.42. The van der Waals surface area contributed by atoms with Gasteiger partial charge in [0.1, 0.15) is 5.82 Å². The molecule has 0 saturated carbocycles. The molecule has 0 saturated heterocycles. The highest BCUT2D eigenvalue weighted by Crippen LogP contribution is 2.24. The highest BCUT2D eigenvalue weighted by Gasteiger charge is 2.15. The van der Waals surface area contributed by atoms with Gasteiger partial charge < -0.3 is 0 Å². The summed E-state index contributed by atoms with van der Waals surface area (Å²) in [5.41, 5.74) is 5.60. The van der Waals surface area contributed by atoms with Gasteiger partial charge in [-0.25, -0.2) is 4.39 Å². The molecular weight excluding hydrogens is 287 g/mol. The van der Waals surface area contributed by atoms with Crippen LogP contribution in [0.2, 0.25) is 5.02 Å². The molecule has 21 heavy (non-hydrogen) atoms. The second kappa shape index (κ2) is 7.03. The van der Waals surface area contributed by atoms with Crippen LogP contribution in [0.25, 0.3) is 0 Å². The number of nitrogens with two attached hydrogens (primary N) is 1. The average molecular weight is 307 g/mol. The number of hydrogen-bond donors (Lipinski definition) is 2. The van der Waals surface area contributed by atoms with Crippen molar-refractivity contribution >= 4 is 11.6 Å². The number of hydrogen-bond acceptors (Lipinski definition) is 2. The number of halogens is 2. The van der Waals surface area contributed by atoms with Crippen molar-refractivity contribution in [3.63, 3.8) is 0 Å². The van der Waals surface area contributed by atoms with Gasteiger partial charge in [0.25, 0.3) is 0 Å². The maximum atomic E-state index is 14.0. The van der Waals surface area contributed by atoms with E-state index in [9.17, 15) is 4.39 Å². The van der Waals surface area contributed by atoms with Crippen molar-refractivity contribution in [1.29, 1.82) is 0 Å². The predicted octanol–water partition coefficient (Wildman–Crippen LogP) is 4.35. The van der Waals surface area contributed by atoms with E-state index in [0.717, 1.165) is 5.56 Å². The minimum atomic E-state index is -0.343. The van der Waals surface area contributed by atoms with Crippen LogP contribution < -0.4 is 11.3 Å². The average Bonchev–Trinajstić information content (AvgIpc) is 2.46. The van der Waals surface area contributed by atoms with Gasteiger partial charge in [-0.1, -0.05) is 55.8 Å². The quantitative estimate of drug-likeness (QED) is 0.636. The summed E-state index contributed by atoms with van der Waals surface area (Å²) in [6.07, 6.45) is 0.618. The molecule has 1 unspecified atom stereocenters. The SMILES string of the molecule is CC(C)c1ccc(CC(NN)c2ccc(Cl)cc2F)cc1. The molecule has 112 valence electrons. The Morgan fingerprint density at radius 1 is 1.14 bits per heavy atom. The lowest BCUT2D eigenvalue weighted by molar-refractivity contribution is 0.510. The fourth-order valence-corrected chi connectivity index (χ4v) is 2.48. The van der Waals surface area contributed by atoms with Gasteiger partial charge in [-0.15, -0.1) is 0 Å². The molecule has 1 atom stereocenters. The summed E-state index contributed by atoms with van der Waals surface area (Å²) in [7, 11) is 0. The Labute approximate surface area is 130 Å². The number of hydrazine groups is 1. The molecule has 3 N–H and O–H groups in total. The fraction of sp³-hybridized carbons (Fsp3) is 0.294. The molecule has 0 spiro atoms. The Morgan fingerprint density at radius 2 is 1.81 bits per heavy atom. The molecule has 0 aliphatic heterocycles. The molecule has 0 aromatic heterocycles. The van der Waals surface area contributed by atoms with Gasteiger partial charge in [-0.3, -0.25) is 11.3 Å². The van der Waals surface area contributed by atoms with E-state index in [2.05, 4.69) is 43.5 Å². The summed E-state index contributed by atoms with van der Waals surface area (Å²) < 4.78 is 14.0. The summed E-state index contributed by atoms with van der Waals surface area (Å²) >= 11 is 5.78. The fourth-order valence-electron chi connectivity index (χ4n) is 2.32. The van der Waals surface area contributed by atoms with Gasteiger partial charge in [0.05, 0.1) is 6.04 Å². The molecule has 2 rings (SSSR count). The van der Waals surface area contributed by atoms with Crippen LogP contribution in [0.3, 0.4) is 0 Å². The van der Waals surface area contributed by atoms with Gasteiger partial charge in [-0.2, -0.15) is 0 Å². The summed E-state index contributed by atoms with van der Waals surface area (Å²) in [6.45, 7) is 4.31. The maximum absolute atomic E-state index is 14.0. The molecule has 0 aliphatic carbocycles. The van der Waals surface area contributed by atoms with Gasteiger partial charge in [0.15, 0.2) is 0 Å². The van der Waals surface area contributed by atoms with E-state index >= 15 is 0 Å². The minimum Gasteiger partial charge on any atom is -0.271 e. The summed E-state index contributed by atoms with van der Waals surface area (Å²) in [4.78, 5) is 0. The molecular formula is C17H20ClFN2. The molecule has 0 radical (unpaired) electrons. The van der Waals surface area contributed by atoms with Crippen molar-refractivity contribution in [2.75, 3.05) is 0 Å². The monoisotopic (exact) mass is 306 g/mol. The van der Waals surface area contributed by atoms with E-state index in [1.165, 1.54) is 11.6 Å². The third kappa shape index (κ3) is 4.03. The minimum absolute atomic E-state index is 0.285. The molecule has 2 aromatic rings. The summed E-state index contributed by atoms with van der Waals surface area (Å²) in [5, 5.41) is 0.383. The predicted molar refractivity (Wildman–Crippen MR) is 85.7 cm³/mol. The van der Waals surface area contributed by atoms with Crippen molar-refractivity contribution in [1.82, 2.24) is 5.43 Å². The third-order valence-electron chi connectivity index (χ3n) is 3.63. The first kappa shape index (κ1) is 16.0. The van der Waals surface area contributed by atoms with Gasteiger partial charge in [-0.05, 0) is 35.6 Å². The molecule has 0 amide bonds. The highest BCUT2D eigenvalue weighted by molar-refractivity contribution is 6.30. The van der Waals surface area contributed by atoms with Crippen molar-refractivity contribution in [2.24, 2.45) is 5.84 Å². The zero-order chi connectivity index (χ0) is 15.4. The first-order chi connectivity index (χ1) is 10.0. The van der Waals surface area contributed by atoms with Gasteiger partial charge in [0.2, 0.25) is 0 Å². The molecule has 0 bridgehead atoms. The number of nitrogens with one attached hydrogen (secondary N) is 1. The highest BCUT2D eigenvalue weighted by atomic mass is 35.5. The van der Waals surface area contributed by atoms with E-state index in [1.54, 1.807) is 12.1 Å². The van der Waals surface area contributed by atoms with Crippen molar-refractivity contribution in [2.45, 2.75) is 32.2 Å². The lowest BCUT2D eigenvalue weighted by Gasteiger charge is -2.18. The first-order valence-electron chi connectivity index (χ1n) is 7.01. The zero-order valence-corrected chi connectivity index (χ0v) is 13.0. The molecule has 0 fully saturated rings. The third-order valence-corrected chi connectivity index (χ3v) is 3.86. The molecule has 0 heterocycles. The molecule has 2 aromatic carbocycles. The first-order valence-corrected chi connectivity index (χ1v) is 7.39. The molecule has 2 nitrogen and oxygen atoms in total. The normalized spacial score (nSPS) is 12.7. The topological polar surface area (TPSA) is 38.0 Å². The zero-order valence-electron chi connectivity index (χ0n) is 12.2. The molecule has 0 aliphatic rings. The van der Waals surface area contributed by atoms with Crippen LogP contribution >= 0.6 is 11.6 Å². The lowest BCUT2D eigenvalue weighted by Crippen LogP contribution is -2.30. The van der Waals surface area contributed by atoms with Crippen molar-refractivity contribution < 1.29 is 4.39 Å². The Balaban J connectivity index is 2.18. The lowest BCUT2D eigenvalue weighted by atomic mass is 9.96. The van der Waals surface area contributed by atoms with Gasteiger partial charge >= 0.3 is 0 Å². The second-order valence-corrected chi connectivity index (χ2v) is 5.92. The van der Waals surface area contributed by atoms with Crippen LogP contribution in [0.4, 0.5) is 4.39 Å². The standard InChI is InChI=1S/C17H20ClFN2/c1-11(2)13-5-3-12(4-6-13)9-17(21-20)15-8-7-14(18)10-16(15)19/h3-8,10-11,17,21H,9,20H2,1-2H3. The Bertz CT molecular complexity index is 596. The number of rotatable bonds is 5. The van der Waals surface area contributed by atoms with Crippen molar-refractivity contribution in [3.05, 3.63) is 70.0 Å². The van der Waals surface area contributed by atoms with Crippen LogP contribution in [-0.4, -0.2) is 0 Å². The van der Waals surface area contributed by atoms with Gasteiger partial charge in [0, 0.05) is 10.6 Å². The van der Waals surface area contributed by atoms with Crippen LogP contribution in [-0.2, 0) is 6.42 Å². The van der Waals surface area contributed by atoms with E-state index in [0.29, 0.717) is 22.9 Å².